The van der Waals surface area contributed by atoms with E-state index in [9.17, 15) is 9.59 Å². The van der Waals surface area contributed by atoms with Gasteiger partial charge < -0.3 is 14.8 Å². The highest BCUT2D eigenvalue weighted by molar-refractivity contribution is 7.99. The highest BCUT2D eigenvalue weighted by Gasteiger charge is 2.19. The summed E-state index contributed by atoms with van der Waals surface area (Å²) in [4.78, 5) is 28.7. The minimum atomic E-state index is -0.388. The van der Waals surface area contributed by atoms with E-state index in [4.69, 9.17) is 9.47 Å². The molecule has 0 unspecified atom stereocenters. The first-order chi connectivity index (χ1) is 11.7. The highest BCUT2D eigenvalue weighted by atomic mass is 32.2. The molecule has 7 nitrogen and oxygen atoms in total. The Kier molecular flexibility index (Phi) is 3.89. The van der Waals surface area contributed by atoms with Crippen LogP contribution in [0.2, 0.25) is 0 Å². The molecule has 0 aliphatic carbocycles. The van der Waals surface area contributed by atoms with E-state index in [-0.39, 0.29) is 23.8 Å². The van der Waals surface area contributed by atoms with Gasteiger partial charge in [0.2, 0.25) is 6.79 Å². The van der Waals surface area contributed by atoms with Gasteiger partial charge in [-0.2, -0.15) is 0 Å². The van der Waals surface area contributed by atoms with E-state index in [0.29, 0.717) is 24.7 Å². The molecular formula is C16H15N3O4S. The number of aromatic nitrogens is 2. The smallest absolute Gasteiger partial charge is 0.267 e. The molecule has 24 heavy (non-hydrogen) atoms. The molecule has 1 amide bonds. The van der Waals surface area contributed by atoms with Crippen LogP contribution in [0.4, 0.5) is 0 Å². The van der Waals surface area contributed by atoms with E-state index < -0.39 is 0 Å². The quantitative estimate of drug-likeness (QED) is 0.834. The largest absolute Gasteiger partial charge is 0.454 e. The van der Waals surface area contributed by atoms with Crippen molar-refractivity contribution in [3.05, 3.63) is 45.9 Å². The minimum Gasteiger partial charge on any atom is -0.454 e. The van der Waals surface area contributed by atoms with Crippen LogP contribution < -0.4 is 20.3 Å². The first-order valence-corrected chi connectivity index (χ1v) is 8.60. The van der Waals surface area contributed by atoms with Crippen molar-refractivity contribution in [2.45, 2.75) is 18.1 Å². The molecule has 0 fully saturated rings. The Bertz CT molecular complexity index is 865. The molecule has 1 aromatic heterocycles. The van der Waals surface area contributed by atoms with Crippen LogP contribution in [0, 0.1) is 0 Å². The molecule has 0 saturated carbocycles. The molecule has 0 atom stereocenters. The zero-order valence-electron chi connectivity index (χ0n) is 12.8. The summed E-state index contributed by atoms with van der Waals surface area (Å²) >= 11 is 1.53. The Morgan fingerprint density at radius 3 is 3.12 bits per heavy atom. The van der Waals surface area contributed by atoms with Gasteiger partial charge in [-0.15, -0.1) is 0 Å². The lowest BCUT2D eigenvalue weighted by Gasteiger charge is -2.07. The number of nitrogens with one attached hydrogen (secondary N) is 1. The number of hydrogen-bond donors (Lipinski definition) is 1. The second-order valence-electron chi connectivity index (χ2n) is 5.45. The number of nitrogens with zero attached hydrogens (tertiary/aromatic N) is 2. The van der Waals surface area contributed by atoms with Crippen LogP contribution in [0.25, 0.3) is 0 Å². The van der Waals surface area contributed by atoms with Crippen LogP contribution in [-0.2, 0) is 13.0 Å². The summed E-state index contributed by atoms with van der Waals surface area (Å²) in [6.45, 7) is 1.27. The van der Waals surface area contributed by atoms with Gasteiger partial charge in [0.1, 0.15) is 5.56 Å². The van der Waals surface area contributed by atoms with Crippen LogP contribution in [0.15, 0.2) is 34.3 Å². The van der Waals surface area contributed by atoms with Crippen LogP contribution in [-0.4, -0.2) is 34.5 Å². The van der Waals surface area contributed by atoms with Crippen molar-refractivity contribution in [2.75, 3.05) is 19.1 Å². The third-order valence-corrected chi connectivity index (χ3v) is 4.91. The number of fused-ring (bicyclic) bond motifs is 2. The van der Waals surface area contributed by atoms with Crippen molar-refractivity contribution in [1.29, 1.82) is 0 Å². The zero-order valence-corrected chi connectivity index (χ0v) is 13.6. The number of carbonyl (C=O) groups excluding carboxylic acids is 1. The molecule has 0 bridgehead atoms. The SMILES string of the molecule is O=C(NCCc1ccc2c(c1)OCO2)c1cnc2n(c1=O)CCS2. The topological polar surface area (TPSA) is 82.4 Å². The fraction of sp³-hybridized carbons (Fsp3) is 0.312. The van der Waals surface area contributed by atoms with Crippen molar-refractivity contribution < 1.29 is 14.3 Å². The lowest BCUT2D eigenvalue weighted by atomic mass is 10.1. The van der Waals surface area contributed by atoms with Crippen molar-refractivity contribution >= 4 is 17.7 Å². The fourth-order valence-electron chi connectivity index (χ4n) is 2.69. The molecule has 0 spiro atoms. The van der Waals surface area contributed by atoms with Gasteiger partial charge in [0.15, 0.2) is 16.7 Å². The van der Waals surface area contributed by atoms with Crippen molar-refractivity contribution in [3.8, 4) is 11.5 Å². The first kappa shape index (κ1) is 15.1. The standard InChI is InChI=1S/C16H15N3O4S/c20-14(11-8-18-16-19(15(11)21)5-6-24-16)17-4-3-10-1-2-12-13(7-10)23-9-22-12/h1-2,7-8H,3-6,9H2,(H,17,20). The Morgan fingerprint density at radius 1 is 1.33 bits per heavy atom. The lowest BCUT2D eigenvalue weighted by Crippen LogP contribution is -2.34. The predicted octanol–water partition coefficient (Wildman–Crippen LogP) is 1.05. The highest BCUT2D eigenvalue weighted by Crippen LogP contribution is 2.32. The molecule has 0 radical (unpaired) electrons. The Hall–Kier alpha value is -2.48. The number of benzene rings is 1. The molecule has 1 N–H and O–H groups in total. The maximum atomic E-state index is 12.3. The van der Waals surface area contributed by atoms with Crippen LogP contribution in [0.5, 0.6) is 11.5 Å². The normalized spacial score (nSPS) is 14.5. The van der Waals surface area contributed by atoms with E-state index in [1.54, 1.807) is 4.57 Å². The molecule has 1 aromatic carbocycles. The second-order valence-corrected chi connectivity index (χ2v) is 6.52. The number of amides is 1. The average molecular weight is 345 g/mol. The molecule has 2 aromatic rings. The van der Waals surface area contributed by atoms with E-state index in [1.165, 1.54) is 18.0 Å². The summed E-state index contributed by atoms with van der Waals surface area (Å²) in [5.74, 6) is 1.88. The third-order valence-electron chi connectivity index (χ3n) is 3.94. The van der Waals surface area contributed by atoms with Gasteiger partial charge in [0, 0.05) is 25.0 Å². The van der Waals surface area contributed by atoms with Crippen molar-refractivity contribution in [1.82, 2.24) is 14.9 Å². The molecule has 4 rings (SSSR count). The number of hydrogen-bond acceptors (Lipinski definition) is 6. The Balaban J connectivity index is 1.40. The molecule has 124 valence electrons. The van der Waals surface area contributed by atoms with Gasteiger partial charge in [0.25, 0.3) is 11.5 Å². The van der Waals surface area contributed by atoms with Gasteiger partial charge >= 0.3 is 0 Å². The first-order valence-electron chi connectivity index (χ1n) is 7.62. The van der Waals surface area contributed by atoms with Gasteiger partial charge in [-0.25, -0.2) is 4.98 Å². The maximum absolute atomic E-state index is 12.3. The van der Waals surface area contributed by atoms with Crippen molar-refractivity contribution in [3.63, 3.8) is 0 Å². The minimum absolute atomic E-state index is 0.0898. The van der Waals surface area contributed by atoms with Gasteiger partial charge in [0.05, 0.1) is 0 Å². The number of ether oxygens (including phenoxy) is 2. The molecule has 3 heterocycles. The van der Waals surface area contributed by atoms with E-state index in [2.05, 4.69) is 10.3 Å². The number of thioether (sulfide) groups is 1. The van der Waals surface area contributed by atoms with Crippen LogP contribution in [0.3, 0.4) is 0 Å². The number of carbonyl (C=O) groups is 1. The van der Waals surface area contributed by atoms with E-state index in [1.807, 2.05) is 18.2 Å². The third kappa shape index (κ3) is 2.73. The summed E-state index contributed by atoms with van der Waals surface area (Å²) in [7, 11) is 0. The molecule has 2 aliphatic rings. The van der Waals surface area contributed by atoms with Crippen LogP contribution >= 0.6 is 11.8 Å². The molecule has 2 aliphatic heterocycles. The van der Waals surface area contributed by atoms with Crippen LogP contribution in [0.1, 0.15) is 15.9 Å². The fourth-order valence-corrected chi connectivity index (χ4v) is 3.60. The molecule has 0 saturated heterocycles. The predicted molar refractivity (Wildman–Crippen MR) is 87.8 cm³/mol. The van der Waals surface area contributed by atoms with Gasteiger partial charge in [-0.1, -0.05) is 17.8 Å². The number of rotatable bonds is 4. The Labute approximate surface area is 142 Å². The van der Waals surface area contributed by atoms with Gasteiger partial charge in [-0.3, -0.25) is 14.2 Å². The molecular weight excluding hydrogens is 330 g/mol. The summed E-state index contributed by atoms with van der Waals surface area (Å²) in [6.07, 6.45) is 2.00. The second kappa shape index (κ2) is 6.20. The maximum Gasteiger partial charge on any atom is 0.267 e. The summed E-state index contributed by atoms with van der Waals surface area (Å²) in [5, 5.41) is 3.45. The van der Waals surface area contributed by atoms with E-state index in [0.717, 1.165) is 22.8 Å². The lowest BCUT2D eigenvalue weighted by molar-refractivity contribution is 0.0951. The zero-order chi connectivity index (χ0) is 16.5. The monoisotopic (exact) mass is 345 g/mol. The average Bonchev–Trinajstić information content (AvgIpc) is 3.23. The molecule has 8 heteroatoms. The summed E-state index contributed by atoms with van der Waals surface area (Å²) < 4.78 is 12.1. The van der Waals surface area contributed by atoms with Crippen molar-refractivity contribution in [2.24, 2.45) is 0 Å². The summed E-state index contributed by atoms with van der Waals surface area (Å²) in [5.41, 5.74) is 0.845. The summed E-state index contributed by atoms with van der Waals surface area (Å²) in [6, 6.07) is 5.69. The Morgan fingerprint density at radius 2 is 2.21 bits per heavy atom. The van der Waals surface area contributed by atoms with Gasteiger partial charge in [-0.05, 0) is 24.1 Å². The van der Waals surface area contributed by atoms with E-state index >= 15 is 0 Å².